The third kappa shape index (κ3) is 3.86. The van der Waals surface area contributed by atoms with Crippen LogP contribution in [-0.4, -0.2) is 34.6 Å². The minimum Gasteiger partial charge on any atom is -0.296 e. The molecule has 1 amide bonds. The van der Waals surface area contributed by atoms with E-state index in [1.165, 1.54) is 11.3 Å². The third-order valence-corrected chi connectivity index (χ3v) is 6.05. The van der Waals surface area contributed by atoms with Gasteiger partial charge >= 0.3 is 0 Å². The van der Waals surface area contributed by atoms with Crippen molar-refractivity contribution in [2.24, 2.45) is 0 Å². The van der Waals surface area contributed by atoms with Crippen molar-refractivity contribution in [3.8, 4) is 11.3 Å². The zero-order valence-corrected chi connectivity index (χ0v) is 18.1. The molecule has 4 rings (SSSR count). The lowest BCUT2D eigenvalue weighted by atomic mass is 10.2. The molecule has 1 aromatic carbocycles. The normalized spacial score (nSPS) is 11.0. The molecule has 3 aromatic heterocycles. The van der Waals surface area contributed by atoms with Gasteiger partial charge < -0.3 is 0 Å². The fourth-order valence-electron chi connectivity index (χ4n) is 2.50. The third-order valence-electron chi connectivity index (χ3n) is 4.11. The topological polar surface area (TPSA) is 98.5 Å². The van der Waals surface area contributed by atoms with Crippen molar-refractivity contribution in [3.63, 3.8) is 0 Å². The lowest BCUT2D eigenvalue weighted by Gasteiger charge is -2.02. The van der Waals surface area contributed by atoms with Gasteiger partial charge in [-0.2, -0.15) is 8.75 Å². The summed E-state index contributed by atoms with van der Waals surface area (Å²) >= 11 is 5.94. The van der Waals surface area contributed by atoms with Crippen LogP contribution >= 0.6 is 39.0 Å². The fourth-order valence-corrected chi connectivity index (χ4v) is 4.03. The summed E-state index contributed by atoms with van der Waals surface area (Å²) in [4.78, 5) is 17.1. The summed E-state index contributed by atoms with van der Waals surface area (Å²) in [5.41, 5.74) is 4.39. The predicted molar refractivity (Wildman–Crippen MR) is 112 cm³/mol. The van der Waals surface area contributed by atoms with Gasteiger partial charge in [-0.25, -0.2) is 9.67 Å². The Morgan fingerprint density at radius 3 is 2.71 bits per heavy atom. The number of aromatic nitrogens is 6. The number of thiazole rings is 1. The zero-order valence-electron chi connectivity index (χ0n) is 14.9. The molecule has 0 aliphatic carbocycles. The lowest BCUT2D eigenvalue weighted by Crippen LogP contribution is -2.14. The van der Waals surface area contributed by atoms with Crippen LogP contribution in [-0.2, 0) is 6.54 Å². The molecule has 3 heterocycles. The number of halogens is 1. The number of carbonyl (C=O) groups is 1. The van der Waals surface area contributed by atoms with Gasteiger partial charge in [-0.3, -0.25) is 10.1 Å². The molecule has 0 saturated carbocycles. The highest BCUT2D eigenvalue weighted by molar-refractivity contribution is 9.10. The fraction of sp³-hybridized carbons (Fsp3) is 0.176. The van der Waals surface area contributed by atoms with Gasteiger partial charge in [0.25, 0.3) is 5.91 Å². The first-order valence-corrected chi connectivity index (χ1v) is 10.6. The van der Waals surface area contributed by atoms with Gasteiger partial charge in [0.15, 0.2) is 10.8 Å². The van der Waals surface area contributed by atoms with Gasteiger partial charge in [-0.05, 0) is 26.0 Å². The highest BCUT2D eigenvalue weighted by Gasteiger charge is 2.19. The molecule has 0 unspecified atom stereocenters. The Morgan fingerprint density at radius 1 is 1.21 bits per heavy atom. The van der Waals surface area contributed by atoms with E-state index in [1.54, 1.807) is 11.6 Å². The molecule has 0 aliphatic rings. The summed E-state index contributed by atoms with van der Waals surface area (Å²) in [6, 6.07) is 7.84. The van der Waals surface area contributed by atoms with Crippen LogP contribution in [0.2, 0.25) is 0 Å². The quantitative estimate of drug-likeness (QED) is 0.469. The second-order valence-electron chi connectivity index (χ2n) is 5.98. The van der Waals surface area contributed by atoms with E-state index in [9.17, 15) is 4.79 Å². The van der Waals surface area contributed by atoms with E-state index in [1.807, 2.05) is 36.6 Å². The van der Waals surface area contributed by atoms with E-state index in [-0.39, 0.29) is 11.6 Å². The van der Waals surface area contributed by atoms with Crippen molar-refractivity contribution >= 4 is 50.0 Å². The number of nitrogens with one attached hydrogen (secondary N) is 1. The van der Waals surface area contributed by atoms with Crippen molar-refractivity contribution < 1.29 is 4.79 Å². The smallest absolute Gasteiger partial charge is 0.279 e. The number of hydrogen-bond acceptors (Lipinski definition) is 8. The van der Waals surface area contributed by atoms with E-state index in [2.05, 4.69) is 45.3 Å². The maximum Gasteiger partial charge on any atom is 0.279 e. The minimum absolute atomic E-state index is 0.265. The second kappa shape index (κ2) is 7.86. The molecular weight excluding hydrogens is 462 g/mol. The summed E-state index contributed by atoms with van der Waals surface area (Å²) in [7, 11) is 0. The Morgan fingerprint density at radius 2 is 2.00 bits per heavy atom. The standard InChI is InChI=1S/C17H14BrN7OS2/c1-9-13(23-28-22-9)7-25-10(2)15(21-24-25)16(26)20-17-19-14(8-27-17)11-3-5-12(18)6-4-11/h3-6,8H,7H2,1-2H3,(H,19,20,26). The predicted octanol–water partition coefficient (Wildman–Crippen LogP) is 3.93. The summed E-state index contributed by atoms with van der Waals surface area (Å²) in [5, 5.41) is 13.3. The number of anilines is 1. The van der Waals surface area contributed by atoms with Gasteiger partial charge in [0.1, 0.15) is 0 Å². The van der Waals surface area contributed by atoms with E-state index in [0.29, 0.717) is 17.4 Å². The molecular formula is C17H14BrN7OS2. The molecule has 4 aromatic rings. The van der Waals surface area contributed by atoms with Crippen molar-refractivity contribution in [2.75, 3.05) is 5.32 Å². The average Bonchev–Trinajstić information content (AvgIpc) is 3.39. The van der Waals surface area contributed by atoms with E-state index < -0.39 is 0 Å². The first-order valence-electron chi connectivity index (χ1n) is 8.22. The summed E-state index contributed by atoms with van der Waals surface area (Å²) < 4.78 is 11.0. The molecule has 11 heteroatoms. The minimum atomic E-state index is -0.339. The molecule has 8 nitrogen and oxygen atoms in total. The highest BCUT2D eigenvalue weighted by atomic mass is 79.9. The number of carbonyl (C=O) groups excluding carboxylic acids is 1. The molecule has 1 N–H and O–H groups in total. The Hall–Kier alpha value is -2.50. The number of nitrogens with zero attached hydrogens (tertiary/aromatic N) is 6. The molecule has 0 bridgehead atoms. The monoisotopic (exact) mass is 475 g/mol. The van der Waals surface area contributed by atoms with Gasteiger partial charge in [-0.1, -0.05) is 33.3 Å². The summed E-state index contributed by atoms with van der Waals surface area (Å²) in [6.07, 6.45) is 0. The van der Waals surface area contributed by atoms with Crippen LogP contribution in [0.3, 0.4) is 0 Å². The number of aryl methyl sites for hydroxylation is 1. The van der Waals surface area contributed by atoms with Crippen LogP contribution in [0.1, 0.15) is 27.6 Å². The van der Waals surface area contributed by atoms with Crippen LogP contribution in [0, 0.1) is 13.8 Å². The molecule has 0 saturated heterocycles. The van der Waals surface area contributed by atoms with Crippen molar-refractivity contribution in [2.45, 2.75) is 20.4 Å². The Bertz CT molecular complexity index is 1130. The van der Waals surface area contributed by atoms with Crippen LogP contribution in [0.4, 0.5) is 5.13 Å². The van der Waals surface area contributed by atoms with Gasteiger partial charge in [-0.15, -0.1) is 16.4 Å². The van der Waals surface area contributed by atoms with Crippen molar-refractivity contribution in [3.05, 3.63) is 56.9 Å². The van der Waals surface area contributed by atoms with Gasteiger partial charge in [0.2, 0.25) is 0 Å². The van der Waals surface area contributed by atoms with E-state index >= 15 is 0 Å². The Balaban J connectivity index is 1.48. The van der Waals surface area contributed by atoms with Crippen LogP contribution < -0.4 is 5.32 Å². The highest BCUT2D eigenvalue weighted by Crippen LogP contribution is 2.26. The maximum absolute atomic E-state index is 12.6. The molecule has 142 valence electrons. The zero-order chi connectivity index (χ0) is 19.7. The molecule has 28 heavy (non-hydrogen) atoms. The first kappa shape index (κ1) is 18.8. The van der Waals surface area contributed by atoms with Crippen LogP contribution in [0.25, 0.3) is 11.3 Å². The van der Waals surface area contributed by atoms with E-state index in [0.717, 1.165) is 38.8 Å². The molecule has 0 atom stereocenters. The second-order valence-corrected chi connectivity index (χ2v) is 8.28. The lowest BCUT2D eigenvalue weighted by molar-refractivity contribution is 0.102. The SMILES string of the molecule is Cc1nsnc1Cn1nnc(C(=O)Nc2nc(-c3ccc(Br)cc3)cs2)c1C. The van der Waals surface area contributed by atoms with Gasteiger partial charge in [0.05, 0.1) is 41.0 Å². The Labute approximate surface area is 177 Å². The summed E-state index contributed by atoms with van der Waals surface area (Å²) in [6.45, 7) is 4.13. The van der Waals surface area contributed by atoms with Crippen LogP contribution in [0.5, 0.6) is 0 Å². The summed E-state index contributed by atoms with van der Waals surface area (Å²) in [5.74, 6) is -0.339. The van der Waals surface area contributed by atoms with Crippen molar-refractivity contribution in [1.82, 2.24) is 28.7 Å². The van der Waals surface area contributed by atoms with Crippen LogP contribution in [0.15, 0.2) is 34.1 Å². The number of hydrogen-bond donors (Lipinski definition) is 1. The molecule has 0 fully saturated rings. The van der Waals surface area contributed by atoms with E-state index in [4.69, 9.17) is 0 Å². The largest absolute Gasteiger partial charge is 0.296 e. The van der Waals surface area contributed by atoms with Crippen molar-refractivity contribution in [1.29, 1.82) is 0 Å². The average molecular weight is 476 g/mol. The molecule has 0 aliphatic heterocycles. The number of amides is 1. The maximum atomic E-state index is 12.6. The first-order chi connectivity index (χ1) is 13.5. The number of benzene rings is 1. The van der Waals surface area contributed by atoms with Gasteiger partial charge in [0, 0.05) is 15.4 Å². The Kier molecular flexibility index (Phi) is 5.29. The number of rotatable bonds is 5. The molecule has 0 radical (unpaired) electrons. The molecule has 0 spiro atoms.